The Morgan fingerprint density at radius 1 is 1.24 bits per heavy atom. The van der Waals surface area contributed by atoms with E-state index in [9.17, 15) is 9.59 Å². The molecule has 1 aromatic carbocycles. The van der Waals surface area contributed by atoms with Crippen molar-refractivity contribution in [1.82, 2.24) is 0 Å². The van der Waals surface area contributed by atoms with Gasteiger partial charge in [-0.05, 0) is 75.5 Å². The second kappa shape index (κ2) is 6.11. The Morgan fingerprint density at radius 3 is 2.60 bits per heavy atom. The molecule has 2 atom stereocenters. The van der Waals surface area contributed by atoms with Gasteiger partial charge in [0.05, 0.1) is 17.6 Å². The standard InChI is InChI=1S/C20H24BrNO3/c1-2-25-17(23)15-4-3-5-16(7-15)22-18(24)19-8-13-6-14(9-19)11-20(21,10-13)12-19/h3-5,7,13-14H,2,6,8-12H2,1H3,(H,22,24). The molecule has 0 heterocycles. The van der Waals surface area contributed by atoms with Crippen LogP contribution in [-0.2, 0) is 9.53 Å². The minimum atomic E-state index is -0.354. The molecule has 4 aliphatic carbocycles. The Labute approximate surface area is 156 Å². The molecule has 0 aromatic heterocycles. The summed E-state index contributed by atoms with van der Waals surface area (Å²) in [7, 11) is 0. The van der Waals surface area contributed by atoms with Gasteiger partial charge in [-0.15, -0.1) is 0 Å². The van der Waals surface area contributed by atoms with Gasteiger partial charge in [0.1, 0.15) is 0 Å². The Balaban J connectivity index is 1.53. The van der Waals surface area contributed by atoms with Crippen molar-refractivity contribution in [2.24, 2.45) is 17.3 Å². The zero-order valence-electron chi connectivity index (χ0n) is 14.5. The molecule has 25 heavy (non-hydrogen) atoms. The van der Waals surface area contributed by atoms with Gasteiger partial charge in [-0.25, -0.2) is 4.79 Å². The Morgan fingerprint density at radius 2 is 1.96 bits per heavy atom. The number of alkyl halides is 1. The predicted octanol–water partition coefficient (Wildman–Crippen LogP) is 4.54. The van der Waals surface area contributed by atoms with E-state index in [1.165, 1.54) is 19.3 Å². The first kappa shape index (κ1) is 17.1. The van der Waals surface area contributed by atoms with Gasteiger partial charge in [-0.3, -0.25) is 4.79 Å². The molecule has 0 spiro atoms. The molecule has 1 aromatic rings. The Hall–Kier alpha value is -1.36. The number of hydrogen-bond donors (Lipinski definition) is 1. The highest BCUT2D eigenvalue weighted by atomic mass is 79.9. The van der Waals surface area contributed by atoms with Crippen LogP contribution in [0.1, 0.15) is 55.8 Å². The number of carbonyl (C=O) groups is 2. The van der Waals surface area contributed by atoms with E-state index in [-0.39, 0.29) is 21.6 Å². The molecule has 0 aliphatic heterocycles. The van der Waals surface area contributed by atoms with Crippen LogP contribution in [0.2, 0.25) is 0 Å². The first-order chi connectivity index (χ1) is 11.9. The van der Waals surface area contributed by atoms with Crippen LogP contribution in [0.3, 0.4) is 0 Å². The summed E-state index contributed by atoms with van der Waals surface area (Å²) in [5.74, 6) is 1.09. The summed E-state index contributed by atoms with van der Waals surface area (Å²) in [5.41, 5.74) is 0.894. The number of amides is 1. The van der Waals surface area contributed by atoms with Crippen molar-refractivity contribution in [2.45, 2.75) is 49.8 Å². The topological polar surface area (TPSA) is 55.4 Å². The van der Waals surface area contributed by atoms with E-state index in [1.807, 2.05) is 6.07 Å². The van der Waals surface area contributed by atoms with Crippen molar-refractivity contribution in [1.29, 1.82) is 0 Å². The summed E-state index contributed by atoms with van der Waals surface area (Å²) in [5, 5.41) is 3.09. The normalized spacial score (nSPS) is 35.4. The van der Waals surface area contributed by atoms with E-state index in [2.05, 4.69) is 21.2 Å². The van der Waals surface area contributed by atoms with Gasteiger partial charge < -0.3 is 10.1 Å². The molecule has 2 unspecified atom stereocenters. The molecule has 1 amide bonds. The minimum absolute atomic E-state index is 0.117. The van der Waals surface area contributed by atoms with E-state index in [1.54, 1.807) is 25.1 Å². The van der Waals surface area contributed by atoms with E-state index < -0.39 is 0 Å². The van der Waals surface area contributed by atoms with Gasteiger partial charge in [-0.1, -0.05) is 22.0 Å². The van der Waals surface area contributed by atoms with E-state index in [4.69, 9.17) is 4.74 Å². The molecule has 4 bridgehead atoms. The number of rotatable bonds is 4. The lowest BCUT2D eigenvalue weighted by Crippen LogP contribution is -2.57. The third-order valence-electron chi connectivity index (χ3n) is 6.10. The highest BCUT2D eigenvalue weighted by Gasteiger charge is 2.59. The molecule has 0 radical (unpaired) electrons. The Bertz CT molecular complexity index is 703. The largest absolute Gasteiger partial charge is 0.462 e. The molecule has 0 saturated heterocycles. The molecular formula is C20H24BrNO3. The van der Waals surface area contributed by atoms with Crippen LogP contribution in [0, 0.1) is 17.3 Å². The van der Waals surface area contributed by atoms with E-state index >= 15 is 0 Å². The molecular weight excluding hydrogens is 382 g/mol. The summed E-state index contributed by atoms with van der Waals surface area (Å²) in [6.07, 6.45) is 6.62. The van der Waals surface area contributed by atoms with E-state index in [0.717, 1.165) is 19.3 Å². The van der Waals surface area contributed by atoms with Gasteiger partial charge >= 0.3 is 5.97 Å². The lowest BCUT2D eigenvalue weighted by molar-refractivity contribution is -0.138. The summed E-state index contributed by atoms with van der Waals surface area (Å²) < 4.78 is 5.20. The number of anilines is 1. The number of nitrogens with one attached hydrogen (secondary N) is 1. The third-order valence-corrected chi connectivity index (χ3v) is 7.03. The fraction of sp³-hybridized carbons (Fsp3) is 0.600. The molecule has 4 fully saturated rings. The van der Waals surface area contributed by atoms with Crippen LogP contribution in [-0.4, -0.2) is 22.8 Å². The van der Waals surface area contributed by atoms with Crippen LogP contribution in [0.15, 0.2) is 24.3 Å². The summed E-state index contributed by atoms with van der Waals surface area (Å²) >= 11 is 3.95. The van der Waals surface area contributed by atoms with Crippen LogP contribution in [0.5, 0.6) is 0 Å². The molecule has 134 valence electrons. The second-order valence-electron chi connectivity index (χ2n) is 8.15. The zero-order valence-corrected chi connectivity index (χ0v) is 16.1. The van der Waals surface area contributed by atoms with Crippen molar-refractivity contribution in [2.75, 3.05) is 11.9 Å². The fourth-order valence-corrected chi connectivity index (χ4v) is 7.07. The Kier molecular flexibility index (Phi) is 4.18. The number of hydrogen-bond acceptors (Lipinski definition) is 3. The third kappa shape index (κ3) is 3.12. The van der Waals surface area contributed by atoms with Crippen LogP contribution < -0.4 is 5.32 Å². The lowest BCUT2D eigenvalue weighted by atomic mass is 9.49. The lowest BCUT2D eigenvalue weighted by Gasteiger charge is -2.59. The molecule has 5 rings (SSSR count). The van der Waals surface area contributed by atoms with Gasteiger partial charge in [0.2, 0.25) is 5.91 Å². The monoisotopic (exact) mass is 405 g/mol. The minimum Gasteiger partial charge on any atom is -0.462 e. The number of carbonyl (C=O) groups excluding carboxylic acids is 2. The number of ether oxygens (including phenoxy) is 1. The summed E-state index contributed by atoms with van der Waals surface area (Å²) in [6, 6.07) is 7.05. The molecule has 5 heteroatoms. The maximum Gasteiger partial charge on any atom is 0.338 e. The maximum absolute atomic E-state index is 13.2. The molecule has 4 saturated carbocycles. The SMILES string of the molecule is CCOC(=O)c1cccc(NC(=O)C23CC4CC(CC(Br)(C4)C2)C3)c1. The number of benzene rings is 1. The van der Waals surface area contributed by atoms with Crippen molar-refractivity contribution >= 4 is 33.5 Å². The maximum atomic E-state index is 13.2. The highest BCUT2D eigenvalue weighted by molar-refractivity contribution is 9.10. The second-order valence-corrected chi connectivity index (χ2v) is 9.83. The van der Waals surface area contributed by atoms with Crippen molar-refractivity contribution < 1.29 is 14.3 Å². The predicted molar refractivity (Wildman–Crippen MR) is 99.8 cm³/mol. The van der Waals surface area contributed by atoms with Crippen LogP contribution >= 0.6 is 15.9 Å². The average Bonchev–Trinajstić information content (AvgIpc) is 2.53. The molecule has 4 nitrogen and oxygen atoms in total. The van der Waals surface area contributed by atoms with E-state index in [0.29, 0.717) is 29.7 Å². The number of halogens is 1. The van der Waals surface area contributed by atoms with Gasteiger partial charge in [0, 0.05) is 10.0 Å². The van der Waals surface area contributed by atoms with Crippen LogP contribution in [0.4, 0.5) is 5.69 Å². The van der Waals surface area contributed by atoms with Crippen molar-refractivity contribution in [3.63, 3.8) is 0 Å². The first-order valence-electron chi connectivity index (χ1n) is 9.19. The highest BCUT2D eigenvalue weighted by Crippen LogP contribution is 2.64. The van der Waals surface area contributed by atoms with Gasteiger partial charge in [0.15, 0.2) is 0 Å². The molecule has 1 N–H and O–H groups in total. The molecule has 4 aliphatic rings. The average molecular weight is 406 g/mol. The first-order valence-corrected chi connectivity index (χ1v) is 9.98. The van der Waals surface area contributed by atoms with Crippen molar-refractivity contribution in [3.8, 4) is 0 Å². The fourth-order valence-electron chi connectivity index (χ4n) is 5.62. The zero-order chi connectivity index (χ0) is 17.7. The van der Waals surface area contributed by atoms with Crippen molar-refractivity contribution in [3.05, 3.63) is 29.8 Å². The van der Waals surface area contributed by atoms with Gasteiger partial charge in [-0.2, -0.15) is 0 Å². The summed E-state index contributed by atoms with van der Waals surface area (Å²) in [6.45, 7) is 2.13. The quantitative estimate of drug-likeness (QED) is 0.590. The van der Waals surface area contributed by atoms with Gasteiger partial charge in [0.25, 0.3) is 0 Å². The number of esters is 1. The smallest absolute Gasteiger partial charge is 0.338 e. The van der Waals surface area contributed by atoms with Crippen LogP contribution in [0.25, 0.3) is 0 Å². The summed E-state index contributed by atoms with van der Waals surface area (Å²) in [4.78, 5) is 25.1.